The van der Waals surface area contributed by atoms with E-state index in [4.69, 9.17) is 0 Å². The van der Waals surface area contributed by atoms with Crippen LogP contribution in [0.5, 0.6) is 0 Å². The van der Waals surface area contributed by atoms with E-state index < -0.39 is 39.6 Å². The molecule has 1 aromatic rings. The molecule has 0 radical (unpaired) electrons. The quantitative estimate of drug-likeness (QED) is 0.929. The molecular formula is C14H19F2NO2S. The normalized spacial score (nSPS) is 19.6. The molecule has 112 valence electrons. The van der Waals surface area contributed by atoms with Gasteiger partial charge < -0.3 is 0 Å². The van der Waals surface area contributed by atoms with Crippen LogP contribution in [0.15, 0.2) is 24.3 Å². The highest BCUT2D eigenvalue weighted by molar-refractivity contribution is 7.90. The summed E-state index contributed by atoms with van der Waals surface area (Å²) in [6.45, 7) is 5.38. The van der Waals surface area contributed by atoms with Gasteiger partial charge in [-0.1, -0.05) is 29.8 Å². The fourth-order valence-corrected chi connectivity index (χ4v) is 4.28. The SMILES string of the molecule is Cc1cccc(C(C)(C)NS(=O)(=O)C2CC(F)(F)C2)c1. The first-order valence-corrected chi connectivity index (χ1v) is 8.04. The van der Waals surface area contributed by atoms with E-state index in [0.717, 1.165) is 11.1 Å². The van der Waals surface area contributed by atoms with E-state index in [0.29, 0.717) is 0 Å². The summed E-state index contributed by atoms with van der Waals surface area (Å²) in [7, 11) is -3.74. The molecule has 6 heteroatoms. The summed E-state index contributed by atoms with van der Waals surface area (Å²) in [5.41, 5.74) is 1.01. The Morgan fingerprint density at radius 1 is 1.30 bits per heavy atom. The molecule has 0 bridgehead atoms. The van der Waals surface area contributed by atoms with Gasteiger partial charge in [-0.3, -0.25) is 0 Å². The van der Waals surface area contributed by atoms with Crippen LogP contribution < -0.4 is 4.72 Å². The summed E-state index contributed by atoms with van der Waals surface area (Å²) >= 11 is 0. The lowest BCUT2D eigenvalue weighted by molar-refractivity contribution is -0.0689. The van der Waals surface area contributed by atoms with Gasteiger partial charge in [0.2, 0.25) is 10.0 Å². The van der Waals surface area contributed by atoms with Crippen molar-refractivity contribution in [3.8, 4) is 0 Å². The first-order valence-electron chi connectivity index (χ1n) is 6.50. The molecule has 1 fully saturated rings. The van der Waals surface area contributed by atoms with Crippen molar-refractivity contribution in [1.82, 2.24) is 4.72 Å². The van der Waals surface area contributed by atoms with Crippen molar-refractivity contribution in [2.45, 2.75) is 50.3 Å². The summed E-state index contributed by atoms with van der Waals surface area (Å²) in [6.07, 6.45) is -1.18. The fourth-order valence-electron chi connectivity index (χ4n) is 2.36. The van der Waals surface area contributed by atoms with Crippen LogP contribution in [-0.2, 0) is 15.6 Å². The predicted molar refractivity (Wildman–Crippen MR) is 74.2 cm³/mol. The van der Waals surface area contributed by atoms with Crippen molar-refractivity contribution in [2.75, 3.05) is 0 Å². The molecule has 0 aliphatic heterocycles. The molecule has 0 atom stereocenters. The highest BCUT2D eigenvalue weighted by atomic mass is 32.2. The van der Waals surface area contributed by atoms with Gasteiger partial charge >= 0.3 is 0 Å². The number of benzene rings is 1. The lowest BCUT2D eigenvalue weighted by Gasteiger charge is -2.37. The van der Waals surface area contributed by atoms with E-state index in [2.05, 4.69) is 4.72 Å². The molecule has 1 aliphatic carbocycles. The smallest absolute Gasteiger partial charge is 0.212 e. The largest absolute Gasteiger partial charge is 0.250 e. The van der Waals surface area contributed by atoms with E-state index in [1.165, 1.54) is 0 Å². The molecule has 0 aromatic heterocycles. The molecule has 1 saturated carbocycles. The van der Waals surface area contributed by atoms with Gasteiger partial charge in [0.1, 0.15) is 0 Å². The Morgan fingerprint density at radius 3 is 2.40 bits per heavy atom. The molecule has 3 nitrogen and oxygen atoms in total. The number of hydrogen-bond acceptors (Lipinski definition) is 2. The molecule has 20 heavy (non-hydrogen) atoms. The van der Waals surface area contributed by atoms with E-state index in [-0.39, 0.29) is 0 Å². The van der Waals surface area contributed by atoms with Gasteiger partial charge in [0.25, 0.3) is 5.92 Å². The standard InChI is InChI=1S/C14H19F2NO2S/c1-10-5-4-6-11(7-10)13(2,3)17-20(18,19)12-8-14(15,16)9-12/h4-7,12,17H,8-9H2,1-3H3. The van der Waals surface area contributed by atoms with Gasteiger partial charge in [0.05, 0.1) is 10.8 Å². The maximum atomic E-state index is 12.8. The average molecular weight is 303 g/mol. The highest BCUT2D eigenvalue weighted by Crippen LogP contribution is 2.41. The van der Waals surface area contributed by atoms with Crippen LogP contribution in [0.4, 0.5) is 8.78 Å². The second-order valence-electron chi connectivity index (χ2n) is 6.03. The Balaban J connectivity index is 2.16. The number of halogens is 2. The summed E-state index contributed by atoms with van der Waals surface area (Å²) in [5, 5.41) is -0.999. The molecule has 0 heterocycles. The third kappa shape index (κ3) is 3.17. The van der Waals surface area contributed by atoms with Gasteiger partial charge in [-0.25, -0.2) is 21.9 Å². The van der Waals surface area contributed by atoms with Crippen LogP contribution in [0.1, 0.15) is 37.8 Å². The third-order valence-corrected chi connectivity index (χ3v) is 5.63. The zero-order valence-corrected chi connectivity index (χ0v) is 12.6. The van der Waals surface area contributed by atoms with Crippen molar-refractivity contribution < 1.29 is 17.2 Å². The number of rotatable bonds is 4. The zero-order valence-electron chi connectivity index (χ0n) is 11.8. The zero-order chi connectivity index (χ0) is 15.2. The van der Waals surface area contributed by atoms with Crippen LogP contribution in [-0.4, -0.2) is 19.6 Å². The Bertz CT molecular complexity index is 603. The monoisotopic (exact) mass is 303 g/mol. The van der Waals surface area contributed by atoms with E-state index in [1.807, 2.05) is 31.2 Å². The summed E-state index contributed by atoms with van der Waals surface area (Å²) < 4.78 is 52.5. The van der Waals surface area contributed by atoms with Crippen LogP contribution in [0, 0.1) is 6.92 Å². The van der Waals surface area contributed by atoms with E-state index in [1.54, 1.807) is 13.8 Å². The van der Waals surface area contributed by atoms with Crippen LogP contribution >= 0.6 is 0 Å². The number of sulfonamides is 1. The molecule has 1 aliphatic rings. The van der Waals surface area contributed by atoms with Crippen LogP contribution in [0.3, 0.4) is 0 Å². The topological polar surface area (TPSA) is 46.2 Å². The molecular weight excluding hydrogens is 284 g/mol. The Morgan fingerprint density at radius 2 is 1.90 bits per heavy atom. The Labute approximate surface area is 118 Å². The first-order chi connectivity index (χ1) is 9.02. The number of nitrogens with one attached hydrogen (secondary N) is 1. The molecule has 0 spiro atoms. The van der Waals surface area contributed by atoms with Crippen LogP contribution in [0.25, 0.3) is 0 Å². The lowest BCUT2D eigenvalue weighted by atomic mass is 9.94. The minimum Gasteiger partial charge on any atom is -0.212 e. The molecule has 1 N–H and O–H groups in total. The van der Waals surface area contributed by atoms with Gasteiger partial charge in [0, 0.05) is 12.8 Å². The van der Waals surface area contributed by atoms with Gasteiger partial charge in [0.15, 0.2) is 0 Å². The molecule has 0 saturated heterocycles. The third-order valence-electron chi connectivity index (χ3n) is 3.63. The Kier molecular flexibility index (Phi) is 3.67. The number of alkyl halides is 2. The number of hydrogen-bond donors (Lipinski definition) is 1. The molecule has 2 rings (SSSR count). The van der Waals surface area contributed by atoms with E-state index >= 15 is 0 Å². The molecule has 0 unspecified atom stereocenters. The Hall–Kier alpha value is -1.01. The summed E-state index contributed by atoms with van der Waals surface area (Å²) in [5.74, 6) is -2.84. The van der Waals surface area contributed by atoms with Gasteiger partial charge in [-0.15, -0.1) is 0 Å². The van der Waals surface area contributed by atoms with Crippen molar-refractivity contribution >= 4 is 10.0 Å². The molecule has 0 amide bonds. The summed E-state index contributed by atoms with van der Waals surface area (Å²) in [6, 6.07) is 7.47. The van der Waals surface area contributed by atoms with Crippen molar-refractivity contribution in [2.24, 2.45) is 0 Å². The lowest BCUT2D eigenvalue weighted by Crippen LogP contribution is -2.53. The van der Waals surface area contributed by atoms with Crippen molar-refractivity contribution in [3.05, 3.63) is 35.4 Å². The summed E-state index contributed by atoms with van der Waals surface area (Å²) in [4.78, 5) is 0. The van der Waals surface area contributed by atoms with E-state index in [9.17, 15) is 17.2 Å². The maximum absolute atomic E-state index is 12.8. The predicted octanol–water partition coefficient (Wildman–Crippen LogP) is 2.95. The fraction of sp³-hybridized carbons (Fsp3) is 0.571. The average Bonchev–Trinajstić information content (AvgIpc) is 2.24. The molecule has 1 aromatic carbocycles. The van der Waals surface area contributed by atoms with Gasteiger partial charge in [-0.2, -0.15) is 0 Å². The second-order valence-corrected chi connectivity index (χ2v) is 7.99. The van der Waals surface area contributed by atoms with Crippen molar-refractivity contribution in [1.29, 1.82) is 0 Å². The maximum Gasteiger partial charge on any atom is 0.250 e. The number of aryl methyl sites for hydroxylation is 1. The minimum absolute atomic E-state index is 0.591. The van der Waals surface area contributed by atoms with Gasteiger partial charge in [-0.05, 0) is 26.3 Å². The highest BCUT2D eigenvalue weighted by Gasteiger charge is 2.52. The minimum atomic E-state index is -3.74. The first kappa shape index (κ1) is 15.4. The van der Waals surface area contributed by atoms with Crippen LogP contribution in [0.2, 0.25) is 0 Å². The second kappa shape index (κ2) is 4.77. The van der Waals surface area contributed by atoms with Crippen molar-refractivity contribution in [3.63, 3.8) is 0 Å².